The molecule has 2 aromatic rings. The highest BCUT2D eigenvalue weighted by Gasteiger charge is 2.26. The number of nitrogens with two attached hydrogens (primary N) is 1. The molecular weight excluding hydrogens is 306 g/mol. The second-order valence-corrected chi connectivity index (χ2v) is 6.48. The molecule has 7 heteroatoms. The Balaban J connectivity index is 2.37. The van der Waals surface area contributed by atoms with E-state index in [1.54, 1.807) is 6.92 Å². The number of nitrogen functional groups attached to an aromatic ring is 1. The Morgan fingerprint density at radius 2 is 2.12 bits per heavy atom. The van der Waals surface area contributed by atoms with E-state index in [0.29, 0.717) is 29.7 Å². The SMILES string of the molecule is CCCC[C@](C)(CCC(C)=O)Nc1nc(N)nc2cc(O)cnc12. The van der Waals surface area contributed by atoms with Crippen LogP contribution in [-0.4, -0.2) is 31.4 Å². The number of unbranched alkanes of at least 4 members (excludes halogenated alkanes) is 1. The van der Waals surface area contributed by atoms with Gasteiger partial charge in [-0.3, -0.25) is 0 Å². The molecule has 0 saturated carbocycles. The largest absolute Gasteiger partial charge is 0.506 e. The lowest BCUT2D eigenvalue weighted by Crippen LogP contribution is -2.36. The van der Waals surface area contributed by atoms with Crippen LogP contribution in [0.15, 0.2) is 12.3 Å². The van der Waals surface area contributed by atoms with Gasteiger partial charge in [0, 0.05) is 18.0 Å². The summed E-state index contributed by atoms with van der Waals surface area (Å²) in [7, 11) is 0. The van der Waals surface area contributed by atoms with Crippen molar-refractivity contribution in [2.45, 2.75) is 58.4 Å². The summed E-state index contributed by atoms with van der Waals surface area (Å²) in [6.07, 6.45) is 5.56. The number of nitrogens with zero attached hydrogens (tertiary/aromatic N) is 3. The average Bonchev–Trinajstić information content (AvgIpc) is 2.50. The van der Waals surface area contributed by atoms with Gasteiger partial charge in [0.25, 0.3) is 0 Å². The number of carbonyl (C=O) groups is 1. The number of rotatable bonds is 8. The van der Waals surface area contributed by atoms with Crippen LogP contribution in [0.4, 0.5) is 11.8 Å². The summed E-state index contributed by atoms with van der Waals surface area (Å²) < 4.78 is 0. The number of carbonyl (C=O) groups excluding carboxylic acids is 1. The third-order valence-corrected chi connectivity index (χ3v) is 4.07. The quantitative estimate of drug-likeness (QED) is 0.681. The Hall–Kier alpha value is -2.44. The molecule has 0 fully saturated rings. The standard InChI is InChI=1S/C17H25N5O2/c1-4-5-7-17(3,8-6-11(2)23)22-15-14-13(20-16(18)21-15)9-12(24)10-19-14/h9-10,24H,4-8H2,1-3H3,(H3,18,20,21,22)/t17-/m1/s1. The van der Waals surface area contributed by atoms with Crippen molar-refractivity contribution < 1.29 is 9.90 Å². The molecule has 0 unspecified atom stereocenters. The van der Waals surface area contributed by atoms with Crippen LogP contribution in [0.3, 0.4) is 0 Å². The number of nitrogens with one attached hydrogen (secondary N) is 1. The molecule has 24 heavy (non-hydrogen) atoms. The van der Waals surface area contributed by atoms with Crippen LogP contribution in [0, 0.1) is 0 Å². The fraction of sp³-hybridized carbons (Fsp3) is 0.529. The molecule has 0 radical (unpaired) electrons. The molecule has 130 valence electrons. The van der Waals surface area contributed by atoms with Gasteiger partial charge in [0.2, 0.25) is 5.95 Å². The Kier molecular flexibility index (Phi) is 5.54. The van der Waals surface area contributed by atoms with Gasteiger partial charge in [-0.05, 0) is 26.7 Å². The number of aromatic nitrogens is 3. The monoisotopic (exact) mass is 331 g/mol. The summed E-state index contributed by atoms with van der Waals surface area (Å²) in [5, 5.41) is 13.0. The second-order valence-electron chi connectivity index (χ2n) is 6.48. The van der Waals surface area contributed by atoms with Gasteiger partial charge in [0.05, 0.1) is 6.20 Å². The third-order valence-electron chi connectivity index (χ3n) is 4.07. The van der Waals surface area contributed by atoms with Crippen LogP contribution in [-0.2, 0) is 4.79 Å². The number of aromatic hydroxyl groups is 1. The summed E-state index contributed by atoms with van der Waals surface area (Å²) in [5.41, 5.74) is 6.52. The van der Waals surface area contributed by atoms with Crippen molar-refractivity contribution in [2.75, 3.05) is 11.1 Å². The molecule has 7 nitrogen and oxygen atoms in total. The van der Waals surface area contributed by atoms with E-state index in [1.807, 2.05) is 0 Å². The van der Waals surface area contributed by atoms with Crippen molar-refractivity contribution in [3.05, 3.63) is 12.3 Å². The fourth-order valence-electron chi connectivity index (χ4n) is 2.67. The zero-order valence-corrected chi connectivity index (χ0v) is 14.5. The average molecular weight is 331 g/mol. The van der Waals surface area contributed by atoms with E-state index in [2.05, 4.69) is 34.1 Å². The second kappa shape index (κ2) is 7.42. The summed E-state index contributed by atoms with van der Waals surface area (Å²) >= 11 is 0. The molecule has 4 N–H and O–H groups in total. The van der Waals surface area contributed by atoms with Crippen LogP contribution >= 0.6 is 0 Å². The van der Waals surface area contributed by atoms with Crippen LogP contribution < -0.4 is 11.1 Å². The number of hydrogen-bond donors (Lipinski definition) is 3. The highest BCUT2D eigenvalue weighted by atomic mass is 16.3. The summed E-state index contributed by atoms with van der Waals surface area (Å²) in [6, 6.07) is 1.50. The third kappa shape index (κ3) is 4.53. The van der Waals surface area contributed by atoms with Crippen molar-refractivity contribution in [2.24, 2.45) is 0 Å². The first-order valence-corrected chi connectivity index (χ1v) is 8.23. The number of Topliss-reactive ketones (excluding diaryl/α,β-unsaturated/α-hetero) is 1. The minimum atomic E-state index is -0.297. The topological polar surface area (TPSA) is 114 Å². The zero-order chi connectivity index (χ0) is 17.7. The minimum absolute atomic E-state index is 0.0249. The Morgan fingerprint density at radius 3 is 2.79 bits per heavy atom. The highest BCUT2D eigenvalue weighted by molar-refractivity contribution is 5.87. The van der Waals surface area contributed by atoms with Crippen LogP contribution in [0.5, 0.6) is 5.75 Å². The van der Waals surface area contributed by atoms with Gasteiger partial charge in [-0.2, -0.15) is 4.98 Å². The lowest BCUT2D eigenvalue weighted by Gasteiger charge is -2.31. The van der Waals surface area contributed by atoms with Gasteiger partial charge in [0.1, 0.15) is 22.6 Å². The number of ketones is 1. The Labute approximate surface area is 141 Å². The molecule has 0 bridgehead atoms. The van der Waals surface area contributed by atoms with Gasteiger partial charge >= 0.3 is 0 Å². The molecule has 0 aromatic carbocycles. The van der Waals surface area contributed by atoms with Crippen LogP contribution in [0.25, 0.3) is 11.0 Å². The van der Waals surface area contributed by atoms with Crippen molar-refractivity contribution in [3.8, 4) is 5.75 Å². The molecule has 0 aliphatic rings. The zero-order valence-electron chi connectivity index (χ0n) is 14.5. The molecule has 2 aromatic heterocycles. The van der Waals surface area contributed by atoms with E-state index in [0.717, 1.165) is 19.3 Å². The van der Waals surface area contributed by atoms with E-state index < -0.39 is 0 Å². The first-order chi connectivity index (χ1) is 11.3. The van der Waals surface area contributed by atoms with Gasteiger partial charge in [-0.15, -0.1) is 0 Å². The van der Waals surface area contributed by atoms with E-state index in [4.69, 9.17) is 5.73 Å². The molecule has 2 rings (SSSR count). The number of pyridine rings is 1. The fourth-order valence-corrected chi connectivity index (χ4v) is 2.67. The molecule has 0 spiro atoms. The molecule has 0 amide bonds. The molecule has 0 aliphatic carbocycles. The van der Waals surface area contributed by atoms with Crippen molar-refractivity contribution >= 4 is 28.6 Å². The minimum Gasteiger partial charge on any atom is -0.506 e. The van der Waals surface area contributed by atoms with Gasteiger partial charge in [-0.25, -0.2) is 9.97 Å². The summed E-state index contributed by atoms with van der Waals surface area (Å²) in [4.78, 5) is 24.0. The predicted octanol–water partition coefficient (Wildman–Crippen LogP) is 3.04. The Morgan fingerprint density at radius 1 is 1.38 bits per heavy atom. The van der Waals surface area contributed by atoms with Gasteiger partial charge in [-0.1, -0.05) is 19.8 Å². The van der Waals surface area contributed by atoms with Gasteiger partial charge < -0.3 is 21.0 Å². The molecule has 1 atom stereocenters. The first-order valence-electron chi connectivity index (χ1n) is 8.23. The molecular formula is C17H25N5O2. The molecule has 2 heterocycles. The molecule has 0 saturated heterocycles. The van der Waals surface area contributed by atoms with Crippen LogP contribution in [0.2, 0.25) is 0 Å². The lowest BCUT2D eigenvalue weighted by atomic mass is 9.89. The summed E-state index contributed by atoms with van der Waals surface area (Å²) in [6.45, 7) is 5.81. The van der Waals surface area contributed by atoms with E-state index in [-0.39, 0.29) is 23.0 Å². The van der Waals surface area contributed by atoms with Crippen molar-refractivity contribution in [1.82, 2.24) is 15.0 Å². The normalized spacial score (nSPS) is 13.6. The maximum atomic E-state index is 11.4. The maximum absolute atomic E-state index is 11.4. The molecule has 0 aliphatic heterocycles. The van der Waals surface area contributed by atoms with E-state index in [9.17, 15) is 9.90 Å². The highest BCUT2D eigenvalue weighted by Crippen LogP contribution is 2.29. The predicted molar refractivity (Wildman–Crippen MR) is 94.9 cm³/mol. The van der Waals surface area contributed by atoms with Crippen molar-refractivity contribution in [1.29, 1.82) is 0 Å². The number of fused-ring (bicyclic) bond motifs is 1. The summed E-state index contributed by atoms with van der Waals surface area (Å²) in [5.74, 6) is 0.827. The first kappa shape index (κ1) is 17.9. The number of hydrogen-bond acceptors (Lipinski definition) is 7. The van der Waals surface area contributed by atoms with E-state index >= 15 is 0 Å². The lowest BCUT2D eigenvalue weighted by molar-refractivity contribution is -0.117. The maximum Gasteiger partial charge on any atom is 0.222 e. The van der Waals surface area contributed by atoms with Crippen LogP contribution in [0.1, 0.15) is 52.9 Å². The van der Waals surface area contributed by atoms with Crippen molar-refractivity contribution in [3.63, 3.8) is 0 Å². The number of anilines is 2. The smallest absolute Gasteiger partial charge is 0.222 e. The van der Waals surface area contributed by atoms with E-state index in [1.165, 1.54) is 12.3 Å². The Bertz CT molecular complexity index is 729. The van der Waals surface area contributed by atoms with Gasteiger partial charge in [0.15, 0.2) is 5.82 Å².